The number of hydrogen-bond donors (Lipinski definition) is 3. The number of nitro groups is 1. The van der Waals surface area contributed by atoms with Crippen LogP contribution in [0.15, 0.2) is 60.4 Å². The number of nitrogens with one attached hydrogen (secondary N) is 3. The second kappa shape index (κ2) is 8.91. The Kier molecular flexibility index (Phi) is 6.12. The normalized spacial score (nSPS) is 11.1. The Hall–Kier alpha value is -3.83. The number of nitro benzene ring substituents is 1. The zero-order chi connectivity index (χ0) is 20.8. The number of anilines is 1. The van der Waals surface area contributed by atoms with Crippen LogP contribution in [0.1, 0.15) is 5.56 Å². The number of carbonyl (C=O) groups excluding carboxylic acids is 1. The Morgan fingerprint density at radius 3 is 2.86 bits per heavy atom. The molecule has 3 rings (SSSR count). The van der Waals surface area contributed by atoms with Crippen molar-refractivity contribution >= 4 is 39.8 Å². The van der Waals surface area contributed by atoms with Crippen LogP contribution in [-0.4, -0.2) is 22.4 Å². The highest BCUT2D eigenvalue weighted by atomic mass is 35.5. The van der Waals surface area contributed by atoms with Gasteiger partial charge in [0, 0.05) is 41.6 Å². The summed E-state index contributed by atoms with van der Waals surface area (Å²) in [6.45, 7) is 0.521. The summed E-state index contributed by atoms with van der Waals surface area (Å²) in [7, 11) is 0. The average molecular weight is 410 g/mol. The van der Waals surface area contributed by atoms with Crippen molar-refractivity contribution in [2.24, 2.45) is 0 Å². The number of nitrogens with zero attached hydrogens (tertiary/aromatic N) is 2. The van der Waals surface area contributed by atoms with E-state index >= 15 is 0 Å². The van der Waals surface area contributed by atoms with Crippen molar-refractivity contribution < 1.29 is 9.72 Å². The number of carbonyl (C=O) groups is 1. The molecule has 0 unspecified atom stereocenters. The van der Waals surface area contributed by atoms with Crippen LogP contribution in [0.25, 0.3) is 10.9 Å². The highest BCUT2D eigenvalue weighted by Crippen LogP contribution is 2.27. The molecule has 8 nitrogen and oxygen atoms in total. The van der Waals surface area contributed by atoms with E-state index in [0.717, 1.165) is 22.5 Å². The third-order valence-corrected chi connectivity index (χ3v) is 4.55. The Balaban J connectivity index is 1.61. The summed E-state index contributed by atoms with van der Waals surface area (Å²) in [4.78, 5) is 25.7. The highest BCUT2D eigenvalue weighted by molar-refractivity contribution is 6.32. The number of aromatic amines is 1. The number of halogens is 1. The van der Waals surface area contributed by atoms with Crippen molar-refractivity contribution in [2.75, 3.05) is 11.9 Å². The van der Waals surface area contributed by atoms with E-state index in [9.17, 15) is 20.2 Å². The summed E-state index contributed by atoms with van der Waals surface area (Å²) in [5.41, 5.74) is 1.86. The van der Waals surface area contributed by atoms with Crippen molar-refractivity contribution in [3.05, 3.63) is 81.1 Å². The van der Waals surface area contributed by atoms with Gasteiger partial charge in [0.2, 0.25) is 0 Å². The first-order chi connectivity index (χ1) is 14.0. The minimum absolute atomic E-state index is 0.0389. The number of nitriles is 1. The maximum absolute atomic E-state index is 12.3. The van der Waals surface area contributed by atoms with Gasteiger partial charge in [-0.3, -0.25) is 14.9 Å². The number of amides is 1. The fraction of sp³-hybridized carbons (Fsp3) is 0.100. The second-order valence-corrected chi connectivity index (χ2v) is 6.52. The van der Waals surface area contributed by atoms with E-state index in [4.69, 9.17) is 11.6 Å². The van der Waals surface area contributed by atoms with Crippen molar-refractivity contribution in [1.29, 1.82) is 5.26 Å². The van der Waals surface area contributed by atoms with Gasteiger partial charge in [-0.05, 0) is 30.2 Å². The number of benzene rings is 2. The highest BCUT2D eigenvalue weighted by Gasteiger charge is 2.15. The molecule has 29 heavy (non-hydrogen) atoms. The lowest BCUT2D eigenvalue weighted by atomic mass is 10.1. The first-order valence-electron chi connectivity index (χ1n) is 8.63. The summed E-state index contributed by atoms with van der Waals surface area (Å²) in [5, 5.41) is 26.7. The van der Waals surface area contributed by atoms with Gasteiger partial charge in [0.05, 0.1) is 4.92 Å². The van der Waals surface area contributed by atoms with E-state index in [0.29, 0.717) is 13.0 Å². The molecule has 146 valence electrons. The minimum atomic E-state index is -0.677. The molecule has 0 aliphatic heterocycles. The first kappa shape index (κ1) is 19.9. The van der Waals surface area contributed by atoms with E-state index < -0.39 is 10.8 Å². The fourth-order valence-electron chi connectivity index (χ4n) is 2.80. The van der Waals surface area contributed by atoms with Crippen LogP contribution in [0.2, 0.25) is 5.02 Å². The van der Waals surface area contributed by atoms with Gasteiger partial charge in [-0.1, -0.05) is 29.8 Å². The largest absolute Gasteiger partial charge is 0.389 e. The molecule has 1 aromatic heterocycles. The first-order valence-corrected chi connectivity index (χ1v) is 9.01. The van der Waals surface area contributed by atoms with Crippen LogP contribution in [0.4, 0.5) is 11.4 Å². The van der Waals surface area contributed by atoms with Gasteiger partial charge in [0.15, 0.2) is 0 Å². The molecule has 2 aromatic carbocycles. The topological polar surface area (TPSA) is 124 Å². The molecule has 0 radical (unpaired) electrons. The molecule has 0 saturated carbocycles. The maximum atomic E-state index is 12.3. The molecule has 3 aromatic rings. The van der Waals surface area contributed by atoms with E-state index in [-0.39, 0.29) is 22.0 Å². The molecule has 0 aliphatic carbocycles. The lowest BCUT2D eigenvalue weighted by Crippen LogP contribution is -2.18. The van der Waals surface area contributed by atoms with Crippen molar-refractivity contribution in [3.8, 4) is 6.07 Å². The maximum Gasteiger partial charge on any atom is 0.289 e. The zero-order valence-electron chi connectivity index (χ0n) is 15.1. The van der Waals surface area contributed by atoms with Gasteiger partial charge in [-0.2, -0.15) is 5.26 Å². The summed E-state index contributed by atoms with van der Waals surface area (Å²) in [6.07, 6.45) is 3.96. The summed E-state index contributed by atoms with van der Waals surface area (Å²) >= 11 is 5.75. The van der Waals surface area contributed by atoms with E-state index in [1.807, 2.05) is 36.5 Å². The average Bonchev–Trinajstić information content (AvgIpc) is 3.12. The lowest BCUT2D eigenvalue weighted by molar-refractivity contribution is -0.384. The Morgan fingerprint density at radius 2 is 2.10 bits per heavy atom. The number of H-pyrrole nitrogens is 1. The summed E-state index contributed by atoms with van der Waals surface area (Å²) in [6, 6.07) is 13.6. The van der Waals surface area contributed by atoms with Crippen molar-refractivity contribution in [2.45, 2.75) is 6.42 Å². The zero-order valence-corrected chi connectivity index (χ0v) is 15.9. The molecule has 1 amide bonds. The minimum Gasteiger partial charge on any atom is -0.389 e. The van der Waals surface area contributed by atoms with Crippen molar-refractivity contribution in [1.82, 2.24) is 10.3 Å². The monoisotopic (exact) mass is 409 g/mol. The van der Waals surface area contributed by atoms with Crippen LogP contribution in [-0.2, 0) is 11.2 Å². The molecule has 0 bridgehead atoms. The number of rotatable bonds is 7. The third-order valence-electron chi connectivity index (χ3n) is 4.23. The van der Waals surface area contributed by atoms with Gasteiger partial charge in [0.1, 0.15) is 16.7 Å². The smallest absolute Gasteiger partial charge is 0.289 e. The molecule has 0 spiro atoms. The predicted molar refractivity (Wildman–Crippen MR) is 110 cm³/mol. The Morgan fingerprint density at radius 1 is 1.31 bits per heavy atom. The third kappa shape index (κ3) is 4.72. The second-order valence-electron chi connectivity index (χ2n) is 6.11. The Labute approximate surface area is 170 Å². The number of fused-ring (bicyclic) bond motifs is 1. The molecule has 1 heterocycles. The van der Waals surface area contributed by atoms with E-state index in [1.54, 1.807) is 0 Å². The molecular weight excluding hydrogens is 394 g/mol. The van der Waals surface area contributed by atoms with Crippen LogP contribution in [0.5, 0.6) is 0 Å². The van der Waals surface area contributed by atoms with E-state index in [1.165, 1.54) is 18.3 Å². The van der Waals surface area contributed by atoms with Gasteiger partial charge < -0.3 is 15.6 Å². The van der Waals surface area contributed by atoms with Gasteiger partial charge >= 0.3 is 0 Å². The van der Waals surface area contributed by atoms with Crippen LogP contribution in [0.3, 0.4) is 0 Å². The van der Waals surface area contributed by atoms with Crippen molar-refractivity contribution in [3.63, 3.8) is 0 Å². The number of hydrogen-bond acceptors (Lipinski definition) is 5. The lowest BCUT2D eigenvalue weighted by Gasteiger charge is -2.06. The van der Waals surface area contributed by atoms with Gasteiger partial charge in [-0.25, -0.2) is 0 Å². The molecule has 3 N–H and O–H groups in total. The molecule has 0 aliphatic rings. The molecular formula is C20H16ClN5O3. The van der Waals surface area contributed by atoms with Crippen LogP contribution >= 0.6 is 11.6 Å². The fourth-order valence-corrected chi connectivity index (χ4v) is 2.98. The van der Waals surface area contributed by atoms with Gasteiger partial charge in [0.25, 0.3) is 11.6 Å². The molecule has 0 atom stereocenters. The SMILES string of the molecule is N#C/C(=C/NCCc1c[nH]c2ccccc12)C(=O)Nc1ccc(Cl)c([N+](=O)[O-])c1. The number of para-hydroxylation sites is 1. The van der Waals surface area contributed by atoms with Crippen LogP contribution in [0, 0.1) is 21.4 Å². The summed E-state index contributed by atoms with van der Waals surface area (Å²) < 4.78 is 0. The standard InChI is InChI=1S/C20H16ClN5O3/c21-17-6-5-15(9-19(17)26(28)29)25-20(27)14(10-22)11-23-8-7-13-12-24-18-4-2-1-3-16(13)18/h1-6,9,11-12,23-24H,7-8H2,(H,25,27)/b14-11-. The predicted octanol–water partition coefficient (Wildman–Crippen LogP) is 3.91. The quantitative estimate of drug-likeness (QED) is 0.179. The molecule has 0 fully saturated rings. The molecule has 9 heteroatoms. The molecule has 0 saturated heterocycles. The van der Waals surface area contributed by atoms with Gasteiger partial charge in [-0.15, -0.1) is 0 Å². The number of aromatic nitrogens is 1. The van der Waals surface area contributed by atoms with E-state index in [2.05, 4.69) is 15.6 Å². The Bertz CT molecular complexity index is 1150. The summed E-state index contributed by atoms with van der Waals surface area (Å²) in [5.74, 6) is -0.677. The van der Waals surface area contributed by atoms with Crippen LogP contribution < -0.4 is 10.6 Å².